The molecule has 3 saturated heterocycles. The summed E-state index contributed by atoms with van der Waals surface area (Å²) >= 11 is 3.67. The summed E-state index contributed by atoms with van der Waals surface area (Å²) in [6.07, 6.45) is 12.0. The lowest BCUT2D eigenvalue weighted by atomic mass is 10.1. The van der Waals surface area contributed by atoms with Crippen LogP contribution in [0.25, 0.3) is 10.9 Å². The van der Waals surface area contributed by atoms with Crippen LogP contribution in [-0.2, 0) is 54.3 Å². The molecular formula is C63H87F2IN12O13S. The molecule has 0 bridgehead atoms. The van der Waals surface area contributed by atoms with Gasteiger partial charge in [0.2, 0.25) is 29.5 Å². The summed E-state index contributed by atoms with van der Waals surface area (Å²) in [5.41, 5.74) is 1.94. The van der Waals surface area contributed by atoms with E-state index in [2.05, 4.69) is 71.8 Å². The third-order valence-corrected chi connectivity index (χ3v) is 17.7. The van der Waals surface area contributed by atoms with E-state index in [1.54, 1.807) is 23.1 Å². The third kappa shape index (κ3) is 27.0. The number of alkyl halides is 2. The number of nitrogens with one attached hydrogen (secondary N) is 4. The molecule has 3 aliphatic rings. The fourth-order valence-corrected chi connectivity index (χ4v) is 12.1. The van der Waals surface area contributed by atoms with E-state index in [0.29, 0.717) is 159 Å². The first-order valence-electron chi connectivity index (χ1n) is 31.2. The highest BCUT2D eigenvalue weighted by Gasteiger charge is 2.46. The predicted octanol–water partition coefficient (Wildman–Crippen LogP) is 2.34. The standard InChI is InChI=1S/C63H87F2IN12O13S/c1-2-50-38-63(64,65)43-78(50)59(84)39-70-61(87)52-18-20-67-54-17-16-51(37-53(52)54)91-35-7-6-22-72-31-33-77(34-32-72)58(83)11-4-3-5-19-69-62(88)55(42-92-36-21-68-56(81)10-8-9-48-12-14-49(66)15-13-48)71-57(82)40-73-23-24-74(41-60(85)86)26-28-76(45-90-47-80)30-29-75(27-25-73)44-89-46-79/h1,12-18,20,37,46-47,50,55H,3-11,19,21-36,38-45H2,(H,68,81)(H,69,88)(H,70,87)(H,71,82)(H,85,86)/t50-,55?/m0/s1. The lowest BCUT2D eigenvalue weighted by Gasteiger charge is -2.34. The molecule has 6 rings (SSSR count). The summed E-state index contributed by atoms with van der Waals surface area (Å²) in [6.45, 7) is 6.47. The zero-order valence-corrected chi connectivity index (χ0v) is 55.1. The van der Waals surface area contributed by atoms with Gasteiger partial charge in [0.25, 0.3) is 24.8 Å². The summed E-state index contributed by atoms with van der Waals surface area (Å²) < 4.78 is 45.2. The number of aliphatic carboxylic acids is 1. The van der Waals surface area contributed by atoms with Crippen LogP contribution in [0.2, 0.25) is 0 Å². The number of fused-ring (bicyclic) bond motifs is 1. The second kappa shape index (κ2) is 40.3. The second-order valence-electron chi connectivity index (χ2n) is 22.9. The highest BCUT2D eigenvalue weighted by molar-refractivity contribution is 14.1. The maximum atomic E-state index is 14.0. The van der Waals surface area contributed by atoms with Crippen molar-refractivity contribution in [2.24, 2.45) is 0 Å². The van der Waals surface area contributed by atoms with Gasteiger partial charge in [-0.05, 0) is 110 Å². The van der Waals surface area contributed by atoms with Crippen LogP contribution in [-0.4, -0.2) is 273 Å². The van der Waals surface area contributed by atoms with Crippen molar-refractivity contribution < 1.29 is 71.2 Å². The van der Waals surface area contributed by atoms with Crippen LogP contribution in [0.1, 0.15) is 73.7 Å². The molecule has 0 spiro atoms. The number of benzene rings is 2. The smallest absolute Gasteiger partial charge is 0.317 e. The molecule has 3 aromatic rings. The second-order valence-corrected chi connectivity index (χ2v) is 25.3. The van der Waals surface area contributed by atoms with E-state index in [1.807, 2.05) is 31.7 Å². The van der Waals surface area contributed by atoms with Gasteiger partial charge in [0, 0.05) is 138 Å². The molecule has 0 saturated carbocycles. The first-order valence-corrected chi connectivity index (χ1v) is 33.5. The number of aromatic nitrogens is 1. The van der Waals surface area contributed by atoms with Crippen LogP contribution < -0.4 is 26.0 Å². The van der Waals surface area contributed by atoms with Crippen molar-refractivity contribution >= 4 is 99.6 Å². The molecule has 29 heteroatoms. The number of carbonyl (C=O) groups is 9. The van der Waals surface area contributed by atoms with Crippen molar-refractivity contribution in [3.05, 3.63) is 69.4 Å². The average molecular weight is 1420 g/mol. The number of carbonyl (C=O) groups excluding carboxylic acids is 8. The Bertz CT molecular complexity index is 2930. The van der Waals surface area contributed by atoms with Crippen LogP contribution in [0.3, 0.4) is 0 Å². The lowest BCUT2D eigenvalue weighted by Crippen LogP contribution is -2.53. The lowest BCUT2D eigenvalue weighted by molar-refractivity contribution is -0.139. The van der Waals surface area contributed by atoms with Crippen molar-refractivity contribution in [3.8, 4) is 18.1 Å². The summed E-state index contributed by atoms with van der Waals surface area (Å²) in [5, 5.41) is 21.6. The molecule has 25 nitrogen and oxygen atoms in total. The number of halogens is 3. The first kappa shape index (κ1) is 74.2. The molecule has 504 valence electrons. The minimum absolute atomic E-state index is 0.00364. The number of carboxylic acid groups (broad SMARTS) is 1. The predicted molar refractivity (Wildman–Crippen MR) is 349 cm³/mol. The van der Waals surface area contributed by atoms with E-state index >= 15 is 0 Å². The molecule has 0 radical (unpaired) electrons. The monoisotopic (exact) mass is 1420 g/mol. The number of unbranched alkanes of at least 4 members (excludes halogenated alkanes) is 3. The molecule has 5 N–H and O–H groups in total. The normalized spacial score (nSPS) is 17.5. The van der Waals surface area contributed by atoms with E-state index < -0.39 is 61.2 Å². The Kier molecular flexibility index (Phi) is 32.5. The Morgan fingerprint density at radius 2 is 1.40 bits per heavy atom. The van der Waals surface area contributed by atoms with Crippen molar-refractivity contribution in [1.29, 1.82) is 0 Å². The molecule has 6 amide bonds. The van der Waals surface area contributed by atoms with Crippen molar-refractivity contribution in [1.82, 2.24) is 60.6 Å². The van der Waals surface area contributed by atoms with Gasteiger partial charge in [-0.1, -0.05) is 24.5 Å². The highest BCUT2D eigenvalue weighted by Crippen LogP contribution is 2.32. The molecule has 92 heavy (non-hydrogen) atoms. The Labute approximate surface area is 554 Å². The van der Waals surface area contributed by atoms with Gasteiger partial charge in [-0.25, -0.2) is 8.78 Å². The van der Waals surface area contributed by atoms with Gasteiger partial charge >= 0.3 is 5.97 Å². The average Bonchev–Trinajstić information content (AvgIpc) is 1.21. The van der Waals surface area contributed by atoms with E-state index in [0.717, 1.165) is 52.9 Å². The number of likely N-dealkylation sites (tertiary alicyclic amines) is 1. The zero-order chi connectivity index (χ0) is 66.1. The van der Waals surface area contributed by atoms with Gasteiger partial charge in [-0.2, -0.15) is 11.8 Å². The fourth-order valence-electron chi connectivity index (χ4n) is 10.8. The Hall–Kier alpha value is -6.82. The van der Waals surface area contributed by atoms with Crippen LogP contribution in [0, 0.1) is 15.9 Å². The number of ether oxygens (including phenoxy) is 3. The number of aryl methyl sites for hydroxylation is 1. The van der Waals surface area contributed by atoms with Crippen molar-refractivity contribution in [2.45, 2.75) is 82.2 Å². The summed E-state index contributed by atoms with van der Waals surface area (Å²) in [5.74, 6) is -2.69. The largest absolute Gasteiger partial charge is 0.494 e. The molecule has 0 aliphatic carbocycles. The number of amides is 6. The van der Waals surface area contributed by atoms with Gasteiger partial charge in [-0.15, -0.1) is 6.42 Å². The molecule has 1 aromatic heterocycles. The number of hydrogen-bond acceptors (Lipinski definition) is 19. The third-order valence-electron chi connectivity index (χ3n) is 16.0. The number of hydrogen-bond donors (Lipinski definition) is 5. The van der Waals surface area contributed by atoms with Crippen molar-refractivity contribution in [3.63, 3.8) is 0 Å². The minimum atomic E-state index is -3.09. The molecule has 3 aliphatic heterocycles. The van der Waals surface area contributed by atoms with Gasteiger partial charge in [0.05, 0.1) is 49.9 Å². The maximum absolute atomic E-state index is 14.0. The molecule has 2 aromatic carbocycles. The van der Waals surface area contributed by atoms with E-state index in [9.17, 15) is 57.0 Å². The maximum Gasteiger partial charge on any atom is 0.317 e. The minimum Gasteiger partial charge on any atom is -0.494 e. The van der Waals surface area contributed by atoms with Crippen molar-refractivity contribution in [2.75, 3.05) is 156 Å². The number of pyridine rings is 1. The fraction of sp³-hybridized carbons (Fsp3) is 0.587. The van der Waals surface area contributed by atoms with Gasteiger partial charge in [-0.3, -0.25) is 72.6 Å². The number of rotatable bonds is 36. The Morgan fingerprint density at radius 3 is 2.07 bits per heavy atom. The van der Waals surface area contributed by atoms with Crippen LogP contribution in [0.15, 0.2) is 54.7 Å². The molecule has 4 heterocycles. The van der Waals surface area contributed by atoms with Gasteiger partial charge < -0.3 is 50.4 Å². The van der Waals surface area contributed by atoms with Gasteiger partial charge in [0.1, 0.15) is 25.3 Å². The van der Waals surface area contributed by atoms with Crippen LogP contribution in [0.5, 0.6) is 5.75 Å². The molecular weight excluding hydrogens is 1330 g/mol. The number of carboxylic acids is 1. The van der Waals surface area contributed by atoms with E-state index in [4.69, 9.17) is 20.6 Å². The number of nitrogens with zero attached hydrogens (tertiary/aromatic N) is 8. The Morgan fingerprint density at radius 1 is 0.739 bits per heavy atom. The first-order chi connectivity index (χ1) is 44.4. The number of thioether (sulfide) groups is 1. The highest BCUT2D eigenvalue weighted by atomic mass is 127. The van der Waals surface area contributed by atoms with Crippen LogP contribution in [0.4, 0.5) is 8.78 Å². The number of piperazine rings is 1. The zero-order valence-electron chi connectivity index (χ0n) is 52.1. The number of terminal acetylenes is 1. The van der Waals surface area contributed by atoms with E-state index in [1.165, 1.54) is 24.0 Å². The topological polar surface area (TPSA) is 285 Å². The summed E-state index contributed by atoms with van der Waals surface area (Å²) in [6, 6.07) is 12.9. The quantitative estimate of drug-likeness (QED) is 0.0242. The van der Waals surface area contributed by atoms with Gasteiger partial charge in [0.15, 0.2) is 0 Å². The summed E-state index contributed by atoms with van der Waals surface area (Å²) in [4.78, 5) is 130. The molecule has 2 atom stereocenters. The Balaban J connectivity index is 0.906. The van der Waals surface area contributed by atoms with E-state index in [-0.39, 0.29) is 55.6 Å². The molecule has 3 fully saturated rings. The molecule has 1 unspecified atom stereocenters. The van der Waals surface area contributed by atoms with Crippen LogP contribution >= 0.6 is 34.4 Å². The SMILES string of the molecule is C#C[C@H]1CC(F)(F)CN1C(=O)CNC(=O)c1ccnc2ccc(OCCCCN3CCN(C(=O)CCCCCNC(=O)C(CSCCNC(=O)CCCc4ccc(I)cc4)NC(=O)CN4CCN(COC=O)CCN(COC=O)CCN(CC(=O)O)CC4)CC3)cc12. The summed E-state index contributed by atoms with van der Waals surface area (Å²) in [7, 11) is 0.